The molecule has 0 saturated carbocycles. The van der Waals surface area contributed by atoms with E-state index in [2.05, 4.69) is 22.0 Å². The van der Waals surface area contributed by atoms with Crippen LogP contribution in [-0.4, -0.2) is 39.1 Å². The van der Waals surface area contributed by atoms with E-state index in [1.807, 2.05) is 20.2 Å². The van der Waals surface area contributed by atoms with Gasteiger partial charge >= 0.3 is 12.1 Å². The van der Waals surface area contributed by atoms with Gasteiger partial charge in [-0.1, -0.05) is 12.6 Å². The summed E-state index contributed by atoms with van der Waals surface area (Å²) in [5.74, 6) is -3.25. The van der Waals surface area contributed by atoms with Crippen molar-refractivity contribution >= 4 is 17.2 Å². The van der Waals surface area contributed by atoms with Gasteiger partial charge in [-0.15, -0.1) is 0 Å². The second-order valence-electron chi connectivity index (χ2n) is 4.90. The third kappa shape index (κ3) is 6.24. The van der Waals surface area contributed by atoms with Gasteiger partial charge < -0.3 is 10.4 Å². The van der Waals surface area contributed by atoms with Crippen LogP contribution in [0.4, 0.5) is 23.2 Å². The molecule has 0 fully saturated rings. The highest BCUT2D eigenvalue weighted by atomic mass is 19.4. The van der Waals surface area contributed by atoms with Crippen LogP contribution in [0, 0.1) is 5.95 Å². The van der Waals surface area contributed by atoms with Crippen molar-refractivity contribution in [1.82, 2.24) is 14.8 Å². The molecule has 0 radical (unpaired) electrons. The van der Waals surface area contributed by atoms with Crippen LogP contribution < -0.4 is 5.32 Å². The summed E-state index contributed by atoms with van der Waals surface area (Å²) in [6.07, 6.45) is -1.47. The Morgan fingerprint density at radius 3 is 2.44 bits per heavy atom. The average Bonchev–Trinajstić information content (AvgIpc) is 2.96. The second kappa shape index (κ2) is 8.27. The van der Waals surface area contributed by atoms with E-state index in [0.717, 1.165) is 16.8 Å². The molecule has 25 heavy (non-hydrogen) atoms. The van der Waals surface area contributed by atoms with E-state index in [4.69, 9.17) is 9.90 Å². The van der Waals surface area contributed by atoms with Crippen molar-refractivity contribution in [3.63, 3.8) is 0 Å². The molecule has 0 aromatic carbocycles. The van der Waals surface area contributed by atoms with Crippen molar-refractivity contribution < 1.29 is 27.5 Å². The maximum Gasteiger partial charge on any atom is 0.490 e. The van der Waals surface area contributed by atoms with Gasteiger partial charge in [-0.3, -0.25) is 4.68 Å². The molecule has 0 atom stereocenters. The van der Waals surface area contributed by atoms with Gasteiger partial charge in [0.05, 0.1) is 24.1 Å². The molecule has 2 heterocycles. The predicted octanol–water partition coefficient (Wildman–Crippen LogP) is 3.17. The zero-order chi connectivity index (χ0) is 19.2. The van der Waals surface area contributed by atoms with Gasteiger partial charge in [0.15, 0.2) is 0 Å². The van der Waals surface area contributed by atoms with E-state index in [1.165, 1.54) is 6.07 Å². The van der Waals surface area contributed by atoms with Crippen LogP contribution in [0.1, 0.15) is 18.2 Å². The zero-order valence-electron chi connectivity index (χ0n) is 13.4. The Labute approximate surface area is 140 Å². The van der Waals surface area contributed by atoms with Gasteiger partial charge in [0.2, 0.25) is 5.95 Å². The number of rotatable bonds is 4. The quantitative estimate of drug-likeness (QED) is 0.647. The van der Waals surface area contributed by atoms with Crippen LogP contribution in [0.15, 0.2) is 31.1 Å². The largest absolute Gasteiger partial charge is 0.490 e. The summed E-state index contributed by atoms with van der Waals surface area (Å²) in [5.41, 5.74) is 3.17. The summed E-state index contributed by atoms with van der Waals surface area (Å²) in [5, 5.41) is 14.3. The van der Waals surface area contributed by atoms with E-state index in [-0.39, 0.29) is 0 Å². The molecule has 2 aromatic heterocycles. The highest BCUT2D eigenvalue weighted by Gasteiger charge is 2.38. The molecule has 0 amide bonds. The number of nitrogens with zero attached hydrogens (tertiary/aromatic N) is 3. The second-order valence-corrected chi connectivity index (χ2v) is 4.90. The molecule has 0 bridgehead atoms. The van der Waals surface area contributed by atoms with Crippen LogP contribution in [0.5, 0.6) is 0 Å². The van der Waals surface area contributed by atoms with Gasteiger partial charge in [-0.2, -0.15) is 22.7 Å². The van der Waals surface area contributed by atoms with E-state index >= 15 is 0 Å². The lowest BCUT2D eigenvalue weighted by Crippen LogP contribution is -2.21. The monoisotopic (exact) mass is 360 g/mol. The van der Waals surface area contributed by atoms with Crippen molar-refractivity contribution in [2.45, 2.75) is 19.6 Å². The number of carbonyl (C=O) groups is 1. The van der Waals surface area contributed by atoms with Gasteiger partial charge in [0.25, 0.3) is 0 Å². The molecule has 0 saturated heterocycles. The average molecular weight is 360 g/mol. The molecule has 136 valence electrons. The summed E-state index contributed by atoms with van der Waals surface area (Å²) in [4.78, 5) is 12.8. The Hall–Kier alpha value is -2.91. The summed E-state index contributed by atoms with van der Waals surface area (Å²) in [7, 11) is 1.83. The number of aromatic nitrogens is 3. The molecule has 0 aliphatic heterocycles. The number of carboxylic acids is 1. The summed E-state index contributed by atoms with van der Waals surface area (Å²) in [6.45, 7) is 6.17. The van der Waals surface area contributed by atoms with E-state index < -0.39 is 18.1 Å². The fourth-order valence-electron chi connectivity index (χ4n) is 1.71. The van der Waals surface area contributed by atoms with Crippen LogP contribution >= 0.6 is 0 Å². The van der Waals surface area contributed by atoms with Crippen molar-refractivity contribution in [2.75, 3.05) is 12.4 Å². The number of alkyl halides is 3. The minimum Gasteiger partial charge on any atom is -0.475 e. The zero-order valence-corrected chi connectivity index (χ0v) is 13.4. The van der Waals surface area contributed by atoms with E-state index in [1.54, 1.807) is 16.9 Å². The van der Waals surface area contributed by atoms with Gasteiger partial charge in [-0.05, 0) is 24.1 Å². The number of hydrogen-bond acceptors (Lipinski definition) is 4. The number of anilines is 1. The van der Waals surface area contributed by atoms with Crippen LogP contribution in [0.25, 0.3) is 5.57 Å². The lowest BCUT2D eigenvalue weighted by molar-refractivity contribution is -0.192. The number of carboxylic acid groups (broad SMARTS) is 1. The maximum atomic E-state index is 13.1. The third-order valence-corrected chi connectivity index (χ3v) is 2.85. The Bertz CT molecular complexity index is 756. The number of nitrogens with one attached hydrogen (secondary N) is 1. The van der Waals surface area contributed by atoms with Gasteiger partial charge in [0.1, 0.15) is 0 Å². The Balaban J connectivity index is 0.000000381. The molecule has 6 nitrogen and oxygen atoms in total. The fourth-order valence-corrected chi connectivity index (χ4v) is 1.71. The minimum absolute atomic E-state index is 0.492. The van der Waals surface area contributed by atoms with Crippen molar-refractivity contribution in [3.05, 3.63) is 48.3 Å². The third-order valence-electron chi connectivity index (χ3n) is 2.85. The highest BCUT2D eigenvalue weighted by Crippen LogP contribution is 2.17. The first kappa shape index (κ1) is 20.1. The van der Waals surface area contributed by atoms with E-state index in [0.29, 0.717) is 12.2 Å². The molecule has 0 unspecified atom stereocenters. The number of halogens is 4. The van der Waals surface area contributed by atoms with Crippen molar-refractivity contribution in [2.24, 2.45) is 0 Å². The number of hydrogen-bond donors (Lipinski definition) is 2. The fraction of sp³-hybridized carbons (Fsp3) is 0.267. The SMILES string of the molecule is C=C(C)c1nc(F)ccc1Cn1cc(NC)cn1.O=C(O)C(F)(F)F. The topological polar surface area (TPSA) is 80.0 Å². The lowest BCUT2D eigenvalue weighted by Gasteiger charge is -2.08. The first-order valence-corrected chi connectivity index (χ1v) is 6.86. The van der Waals surface area contributed by atoms with Gasteiger partial charge in [-0.25, -0.2) is 9.78 Å². The Morgan fingerprint density at radius 1 is 1.40 bits per heavy atom. The standard InChI is InChI=1S/C13H15FN4.C2HF3O2/c1-9(2)13-10(4-5-12(14)17-13)7-18-8-11(15-3)6-16-18;3-2(4,5)1(6)7/h4-6,8,15H,1,7H2,2-3H3;(H,6,7). The Morgan fingerprint density at radius 2 is 2.00 bits per heavy atom. The first-order valence-electron chi connectivity index (χ1n) is 6.86. The normalized spacial score (nSPS) is 10.6. The number of pyridine rings is 1. The van der Waals surface area contributed by atoms with Crippen LogP contribution in [-0.2, 0) is 11.3 Å². The molecule has 10 heteroatoms. The molecule has 0 spiro atoms. The van der Waals surface area contributed by atoms with Gasteiger partial charge in [0, 0.05) is 13.2 Å². The van der Waals surface area contributed by atoms with Crippen molar-refractivity contribution in [3.8, 4) is 0 Å². The Kier molecular flexibility index (Phi) is 6.66. The number of aliphatic carboxylic acids is 1. The highest BCUT2D eigenvalue weighted by molar-refractivity contribution is 5.73. The summed E-state index contributed by atoms with van der Waals surface area (Å²) >= 11 is 0. The summed E-state index contributed by atoms with van der Waals surface area (Å²) < 4.78 is 46.6. The van der Waals surface area contributed by atoms with E-state index in [9.17, 15) is 17.6 Å². The molecule has 2 aromatic rings. The van der Waals surface area contributed by atoms with Crippen molar-refractivity contribution in [1.29, 1.82) is 0 Å². The van der Waals surface area contributed by atoms with Crippen LogP contribution in [0.3, 0.4) is 0 Å². The molecule has 0 aliphatic rings. The molecule has 0 aliphatic carbocycles. The van der Waals surface area contributed by atoms with Crippen LogP contribution in [0.2, 0.25) is 0 Å². The molecular formula is C15H16F4N4O2. The summed E-state index contributed by atoms with van der Waals surface area (Å²) in [6, 6.07) is 3.07. The maximum absolute atomic E-state index is 13.1. The molecule has 2 rings (SSSR count). The number of allylic oxidation sites excluding steroid dienone is 1. The lowest BCUT2D eigenvalue weighted by atomic mass is 10.1. The predicted molar refractivity (Wildman–Crippen MR) is 83.5 cm³/mol. The molecular weight excluding hydrogens is 344 g/mol. The minimum atomic E-state index is -5.08. The first-order chi connectivity index (χ1) is 11.5. The smallest absolute Gasteiger partial charge is 0.475 e. The molecule has 2 N–H and O–H groups in total.